The minimum atomic E-state index is 0.266. The van der Waals surface area contributed by atoms with Gasteiger partial charge in [-0.15, -0.1) is 0 Å². The van der Waals surface area contributed by atoms with Crippen LogP contribution in [0.1, 0.15) is 19.3 Å². The van der Waals surface area contributed by atoms with E-state index >= 15 is 0 Å². The molecule has 2 rings (SSSR count). The maximum absolute atomic E-state index is 5.48. The summed E-state index contributed by atoms with van der Waals surface area (Å²) in [7, 11) is 0. The number of fused-ring (bicyclic) bond motifs is 1. The molecule has 0 bridgehead atoms. The van der Waals surface area contributed by atoms with Gasteiger partial charge in [0.05, 0.1) is 13.2 Å². The lowest BCUT2D eigenvalue weighted by molar-refractivity contribution is -0.309. The SMILES string of the molecule is C1CCN2OCCOC2C1. The summed E-state index contributed by atoms with van der Waals surface area (Å²) in [4.78, 5) is 5.39. The molecule has 1 unspecified atom stereocenters. The minimum absolute atomic E-state index is 0.266. The molecule has 0 amide bonds. The van der Waals surface area contributed by atoms with Crippen molar-refractivity contribution in [2.75, 3.05) is 19.8 Å². The van der Waals surface area contributed by atoms with E-state index in [1.165, 1.54) is 12.8 Å². The molecule has 0 N–H and O–H groups in total. The molecule has 10 heavy (non-hydrogen) atoms. The summed E-state index contributed by atoms with van der Waals surface area (Å²) in [5, 5.41) is 1.98. The number of piperidine rings is 1. The number of nitrogens with zero attached hydrogens (tertiary/aromatic N) is 1. The van der Waals surface area contributed by atoms with Gasteiger partial charge in [0, 0.05) is 6.54 Å². The molecule has 0 radical (unpaired) electrons. The summed E-state index contributed by atoms with van der Waals surface area (Å²) >= 11 is 0. The Kier molecular flexibility index (Phi) is 1.88. The summed E-state index contributed by atoms with van der Waals surface area (Å²) in [5.74, 6) is 0. The van der Waals surface area contributed by atoms with Crippen LogP contribution in [-0.4, -0.2) is 31.0 Å². The van der Waals surface area contributed by atoms with Crippen LogP contribution in [-0.2, 0) is 9.57 Å². The van der Waals surface area contributed by atoms with Gasteiger partial charge in [-0.25, -0.2) is 0 Å². The Balaban J connectivity index is 1.93. The fourth-order valence-corrected chi connectivity index (χ4v) is 1.53. The summed E-state index contributed by atoms with van der Waals surface area (Å²) in [6, 6.07) is 0. The maximum Gasteiger partial charge on any atom is 0.133 e. The van der Waals surface area contributed by atoms with Crippen molar-refractivity contribution < 1.29 is 9.57 Å². The molecule has 2 saturated heterocycles. The standard InChI is InChI=1S/C7H13NO2/c1-2-4-8-7(3-1)9-5-6-10-8/h7H,1-6H2. The summed E-state index contributed by atoms with van der Waals surface area (Å²) in [6.07, 6.45) is 3.94. The molecule has 2 heterocycles. The van der Waals surface area contributed by atoms with E-state index in [1.807, 2.05) is 5.06 Å². The van der Waals surface area contributed by atoms with E-state index < -0.39 is 0 Å². The van der Waals surface area contributed by atoms with Crippen LogP contribution in [0.15, 0.2) is 0 Å². The molecule has 1 atom stereocenters. The van der Waals surface area contributed by atoms with Gasteiger partial charge in [0.1, 0.15) is 6.23 Å². The van der Waals surface area contributed by atoms with E-state index in [9.17, 15) is 0 Å². The highest BCUT2D eigenvalue weighted by Gasteiger charge is 2.26. The van der Waals surface area contributed by atoms with Gasteiger partial charge in [-0.2, -0.15) is 5.06 Å². The molecule has 0 saturated carbocycles. The molecule has 0 aromatic heterocycles. The third kappa shape index (κ3) is 1.17. The number of hydroxylamine groups is 2. The molecule has 3 nitrogen and oxygen atoms in total. The van der Waals surface area contributed by atoms with Gasteiger partial charge in [0.2, 0.25) is 0 Å². The van der Waals surface area contributed by atoms with Gasteiger partial charge in [0.15, 0.2) is 0 Å². The van der Waals surface area contributed by atoms with Gasteiger partial charge in [-0.05, 0) is 19.3 Å². The Morgan fingerprint density at radius 1 is 1.20 bits per heavy atom. The number of ether oxygens (including phenoxy) is 1. The van der Waals surface area contributed by atoms with Gasteiger partial charge in [0.25, 0.3) is 0 Å². The minimum Gasteiger partial charge on any atom is -0.359 e. The predicted octanol–water partition coefficient (Wildman–Crippen LogP) is 0.760. The first kappa shape index (κ1) is 6.58. The molecule has 0 spiro atoms. The Morgan fingerprint density at radius 2 is 2.20 bits per heavy atom. The van der Waals surface area contributed by atoms with Crippen molar-refractivity contribution in [3.63, 3.8) is 0 Å². The van der Waals surface area contributed by atoms with Crippen LogP contribution in [0.3, 0.4) is 0 Å². The predicted molar refractivity (Wildman–Crippen MR) is 36.2 cm³/mol. The van der Waals surface area contributed by atoms with E-state index in [-0.39, 0.29) is 6.23 Å². The average molecular weight is 143 g/mol. The normalized spacial score (nSPS) is 35.4. The van der Waals surface area contributed by atoms with Gasteiger partial charge < -0.3 is 4.74 Å². The summed E-state index contributed by atoms with van der Waals surface area (Å²) in [6.45, 7) is 2.54. The second kappa shape index (κ2) is 2.86. The second-order valence-corrected chi connectivity index (χ2v) is 2.80. The zero-order valence-electron chi connectivity index (χ0n) is 6.08. The van der Waals surface area contributed by atoms with Crippen molar-refractivity contribution in [2.24, 2.45) is 0 Å². The lowest BCUT2D eigenvalue weighted by Gasteiger charge is -2.37. The first-order chi connectivity index (χ1) is 4.97. The topological polar surface area (TPSA) is 21.7 Å². The lowest BCUT2D eigenvalue weighted by Crippen LogP contribution is -2.45. The fourth-order valence-electron chi connectivity index (χ4n) is 1.53. The van der Waals surface area contributed by atoms with E-state index in [2.05, 4.69) is 0 Å². The van der Waals surface area contributed by atoms with Crippen molar-refractivity contribution in [3.05, 3.63) is 0 Å². The Hall–Kier alpha value is -0.120. The third-order valence-corrected chi connectivity index (χ3v) is 2.05. The molecular formula is C7H13NO2. The first-order valence-corrected chi connectivity index (χ1v) is 3.98. The van der Waals surface area contributed by atoms with Crippen LogP contribution in [0.25, 0.3) is 0 Å². The highest BCUT2D eigenvalue weighted by atomic mass is 16.7. The first-order valence-electron chi connectivity index (χ1n) is 3.98. The zero-order chi connectivity index (χ0) is 6.81. The molecular weight excluding hydrogens is 130 g/mol. The van der Waals surface area contributed by atoms with Crippen molar-refractivity contribution in [1.82, 2.24) is 5.06 Å². The quantitative estimate of drug-likeness (QED) is 0.499. The zero-order valence-corrected chi connectivity index (χ0v) is 6.08. The van der Waals surface area contributed by atoms with Crippen LogP contribution in [0.5, 0.6) is 0 Å². The Bertz CT molecular complexity index is 92.2. The van der Waals surface area contributed by atoms with Gasteiger partial charge >= 0.3 is 0 Å². The Labute approximate surface area is 60.9 Å². The van der Waals surface area contributed by atoms with Crippen molar-refractivity contribution in [3.8, 4) is 0 Å². The van der Waals surface area contributed by atoms with Crippen LogP contribution in [0.2, 0.25) is 0 Å². The van der Waals surface area contributed by atoms with E-state index in [1.54, 1.807) is 0 Å². The third-order valence-electron chi connectivity index (χ3n) is 2.05. The Morgan fingerprint density at radius 3 is 3.10 bits per heavy atom. The van der Waals surface area contributed by atoms with E-state index in [4.69, 9.17) is 9.57 Å². The molecule has 2 fully saturated rings. The maximum atomic E-state index is 5.48. The molecule has 3 heteroatoms. The van der Waals surface area contributed by atoms with E-state index in [0.29, 0.717) is 0 Å². The van der Waals surface area contributed by atoms with Gasteiger partial charge in [-0.3, -0.25) is 4.84 Å². The number of hydrogen-bond acceptors (Lipinski definition) is 3. The highest BCUT2D eigenvalue weighted by Crippen LogP contribution is 2.20. The molecule has 0 aromatic rings. The van der Waals surface area contributed by atoms with Gasteiger partial charge in [-0.1, -0.05) is 0 Å². The van der Waals surface area contributed by atoms with Crippen LogP contribution >= 0.6 is 0 Å². The lowest BCUT2D eigenvalue weighted by atomic mass is 10.1. The number of hydrogen-bond donors (Lipinski definition) is 0. The summed E-state index contributed by atoms with van der Waals surface area (Å²) in [5.41, 5.74) is 0. The average Bonchev–Trinajstić information content (AvgIpc) is 2.05. The highest BCUT2D eigenvalue weighted by molar-refractivity contribution is 4.65. The van der Waals surface area contributed by atoms with Crippen LogP contribution in [0.4, 0.5) is 0 Å². The fraction of sp³-hybridized carbons (Fsp3) is 1.00. The molecule has 58 valence electrons. The van der Waals surface area contributed by atoms with Crippen LogP contribution in [0, 0.1) is 0 Å². The second-order valence-electron chi connectivity index (χ2n) is 2.80. The van der Waals surface area contributed by atoms with E-state index in [0.717, 1.165) is 26.2 Å². The van der Waals surface area contributed by atoms with Crippen molar-refractivity contribution in [1.29, 1.82) is 0 Å². The number of rotatable bonds is 0. The molecule has 2 aliphatic rings. The van der Waals surface area contributed by atoms with Crippen molar-refractivity contribution in [2.45, 2.75) is 25.5 Å². The molecule has 0 aromatic carbocycles. The molecule has 2 aliphatic heterocycles. The smallest absolute Gasteiger partial charge is 0.133 e. The van der Waals surface area contributed by atoms with Crippen LogP contribution < -0.4 is 0 Å². The van der Waals surface area contributed by atoms with Crippen molar-refractivity contribution >= 4 is 0 Å². The summed E-state index contributed by atoms with van der Waals surface area (Å²) < 4.78 is 5.48. The largest absolute Gasteiger partial charge is 0.359 e. The monoisotopic (exact) mass is 143 g/mol. The molecule has 0 aliphatic carbocycles.